The Morgan fingerprint density at radius 1 is 1.20 bits per heavy atom. The molecule has 20 heavy (non-hydrogen) atoms. The maximum absolute atomic E-state index is 11.5. The molecule has 0 bridgehead atoms. The Balaban J connectivity index is 1.98. The van der Waals surface area contributed by atoms with E-state index in [2.05, 4.69) is 10.2 Å². The number of anilines is 2. The fourth-order valence-electron chi connectivity index (χ4n) is 2.24. The van der Waals surface area contributed by atoms with E-state index in [1.807, 2.05) is 9.47 Å². The molecule has 0 aliphatic carbocycles. The third-order valence-corrected chi connectivity index (χ3v) is 4.14. The molecule has 2 heterocycles. The molecule has 0 atom stereocenters. The van der Waals surface area contributed by atoms with Crippen LogP contribution in [0.3, 0.4) is 0 Å². The lowest BCUT2D eigenvalue weighted by molar-refractivity contribution is 0.559. The summed E-state index contributed by atoms with van der Waals surface area (Å²) >= 11 is 0. The van der Waals surface area contributed by atoms with Gasteiger partial charge >= 0.3 is 0 Å². The maximum atomic E-state index is 11.5. The van der Waals surface area contributed by atoms with E-state index in [0.717, 1.165) is 18.9 Å². The van der Waals surface area contributed by atoms with Crippen molar-refractivity contribution in [3.63, 3.8) is 0 Å². The Kier molecular flexibility index (Phi) is 2.87. The molecule has 0 spiro atoms. The van der Waals surface area contributed by atoms with E-state index in [-0.39, 0.29) is 4.90 Å². The Labute approximate surface area is 116 Å². The Hall–Kier alpha value is -2.13. The molecule has 1 aliphatic heterocycles. The van der Waals surface area contributed by atoms with Gasteiger partial charge in [0.05, 0.1) is 11.4 Å². The summed E-state index contributed by atoms with van der Waals surface area (Å²) in [4.78, 5) is 2.01. The molecular formula is C11H14N6O2S. The SMILES string of the molecule is Nc1cc(N2CCn3cnnc3C2)cc(S(N)(=O)=O)c1. The highest BCUT2D eigenvalue weighted by atomic mass is 32.2. The van der Waals surface area contributed by atoms with Crippen molar-refractivity contribution in [1.29, 1.82) is 0 Å². The van der Waals surface area contributed by atoms with Crippen LogP contribution in [-0.4, -0.2) is 29.7 Å². The summed E-state index contributed by atoms with van der Waals surface area (Å²) in [5.74, 6) is 0.829. The zero-order valence-corrected chi connectivity index (χ0v) is 11.4. The van der Waals surface area contributed by atoms with Crippen LogP contribution in [0.2, 0.25) is 0 Å². The molecule has 0 amide bonds. The van der Waals surface area contributed by atoms with E-state index >= 15 is 0 Å². The number of nitrogens with two attached hydrogens (primary N) is 2. The smallest absolute Gasteiger partial charge is 0.238 e. The van der Waals surface area contributed by atoms with E-state index in [4.69, 9.17) is 10.9 Å². The molecule has 0 saturated heterocycles. The van der Waals surface area contributed by atoms with Crippen molar-refractivity contribution in [2.24, 2.45) is 5.14 Å². The highest BCUT2D eigenvalue weighted by molar-refractivity contribution is 7.89. The second kappa shape index (κ2) is 4.46. The van der Waals surface area contributed by atoms with Gasteiger partial charge in [0.1, 0.15) is 6.33 Å². The number of benzene rings is 1. The first-order valence-electron chi connectivity index (χ1n) is 5.98. The summed E-state index contributed by atoms with van der Waals surface area (Å²) in [6, 6.07) is 4.60. The van der Waals surface area contributed by atoms with Crippen LogP contribution in [0, 0.1) is 0 Å². The first-order valence-corrected chi connectivity index (χ1v) is 7.53. The fraction of sp³-hybridized carbons (Fsp3) is 0.273. The predicted molar refractivity (Wildman–Crippen MR) is 73.3 cm³/mol. The average molecular weight is 294 g/mol. The summed E-state index contributed by atoms with van der Waals surface area (Å²) in [6.45, 7) is 2.01. The van der Waals surface area contributed by atoms with Gasteiger partial charge in [-0.05, 0) is 18.2 Å². The minimum Gasteiger partial charge on any atom is -0.399 e. The Bertz CT molecular complexity index is 754. The van der Waals surface area contributed by atoms with Crippen molar-refractivity contribution >= 4 is 21.4 Å². The van der Waals surface area contributed by atoms with Crippen LogP contribution in [0.15, 0.2) is 29.4 Å². The lowest BCUT2D eigenvalue weighted by atomic mass is 10.2. The first kappa shape index (κ1) is 12.9. The summed E-state index contributed by atoms with van der Waals surface area (Å²) in [6.07, 6.45) is 1.68. The van der Waals surface area contributed by atoms with E-state index in [1.165, 1.54) is 12.1 Å². The summed E-state index contributed by atoms with van der Waals surface area (Å²) in [7, 11) is -3.78. The van der Waals surface area contributed by atoms with E-state index in [0.29, 0.717) is 17.9 Å². The number of nitrogen functional groups attached to an aromatic ring is 1. The number of fused-ring (bicyclic) bond motifs is 1. The van der Waals surface area contributed by atoms with Crippen molar-refractivity contribution in [3.05, 3.63) is 30.4 Å². The molecule has 8 nitrogen and oxygen atoms in total. The van der Waals surface area contributed by atoms with Crippen molar-refractivity contribution in [3.8, 4) is 0 Å². The van der Waals surface area contributed by atoms with Crippen molar-refractivity contribution < 1.29 is 8.42 Å². The Morgan fingerprint density at radius 3 is 2.75 bits per heavy atom. The van der Waals surface area contributed by atoms with Gasteiger partial charge in [-0.1, -0.05) is 0 Å². The maximum Gasteiger partial charge on any atom is 0.238 e. The van der Waals surface area contributed by atoms with Crippen molar-refractivity contribution in [1.82, 2.24) is 14.8 Å². The lowest BCUT2D eigenvalue weighted by Gasteiger charge is -2.29. The molecule has 2 aromatic rings. The monoisotopic (exact) mass is 294 g/mol. The van der Waals surface area contributed by atoms with Gasteiger partial charge in [-0.15, -0.1) is 10.2 Å². The minimum atomic E-state index is -3.78. The molecule has 0 unspecified atom stereocenters. The van der Waals surface area contributed by atoms with Gasteiger partial charge < -0.3 is 15.2 Å². The standard InChI is InChI=1S/C11H14N6O2S/c12-8-3-9(5-10(4-8)20(13,18)19)16-1-2-17-7-14-15-11(17)6-16/h3-5,7H,1-2,6,12H2,(H2,13,18,19). The van der Waals surface area contributed by atoms with Crippen LogP contribution in [0.1, 0.15) is 5.82 Å². The highest BCUT2D eigenvalue weighted by Crippen LogP contribution is 2.25. The Morgan fingerprint density at radius 2 is 2.00 bits per heavy atom. The molecule has 0 radical (unpaired) electrons. The topological polar surface area (TPSA) is 120 Å². The quantitative estimate of drug-likeness (QED) is 0.722. The van der Waals surface area contributed by atoms with Gasteiger partial charge in [0.25, 0.3) is 0 Å². The molecule has 4 N–H and O–H groups in total. The van der Waals surface area contributed by atoms with E-state index in [1.54, 1.807) is 12.4 Å². The molecule has 9 heteroatoms. The van der Waals surface area contributed by atoms with Crippen LogP contribution in [0.25, 0.3) is 0 Å². The largest absolute Gasteiger partial charge is 0.399 e. The van der Waals surface area contributed by atoms with Crippen molar-refractivity contribution in [2.75, 3.05) is 17.2 Å². The second-order valence-electron chi connectivity index (χ2n) is 4.67. The van der Waals surface area contributed by atoms with Crippen LogP contribution in [0.4, 0.5) is 11.4 Å². The average Bonchev–Trinajstić information content (AvgIpc) is 2.84. The van der Waals surface area contributed by atoms with Crippen LogP contribution < -0.4 is 15.8 Å². The van der Waals surface area contributed by atoms with Gasteiger partial charge in [-0.2, -0.15) is 0 Å². The van der Waals surface area contributed by atoms with E-state index < -0.39 is 10.0 Å². The van der Waals surface area contributed by atoms with Gasteiger partial charge in [-0.3, -0.25) is 0 Å². The molecule has 106 valence electrons. The first-order chi connectivity index (χ1) is 9.43. The number of aromatic nitrogens is 3. The predicted octanol–water partition coefficient (Wildman–Crippen LogP) is -0.472. The summed E-state index contributed by atoms with van der Waals surface area (Å²) in [5, 5.41) is 13.0. The molecule has 0 saturated carbocycles. The molecule has 0 fully saturated rings. The minimum absolute atomic E-state index is 0.0135. The van der Waals surface area contributed by atoms with Crippen molar-refractivity contribution in [2.45, 2.75) is 18.0 Å². The number of hydrogen-bond acceptors (Lipinski definition) is 6. The molecule has 1 aromatic carbocycles. The number of sulfonamides is 1. The number of hydrogen-bond donors (Lipinski definition) is 2. The fourth-order valence-corrected chi connectivity index (χ4v) is 2.82. The number of rotatable bonds is 2. The molecule has 1 aromatic heterocycles. The zero-order chi connectivity index (χ0) is 14.3. The summed E-state index contributed by atoms with van der Waals surface area (Å²) in [5.41, 5.74) is 6.83. The third kappa shape index (κ3) is 2.32. The van der Waals surface area contributed by atoms with Crippen LogP contribution in [-0.2, 0) is 23.1 Å². The van der Waals surface area contributed by atoms with Gasteiger partial charge in [0.15, 0.2) is 5.82 Å². The van der Waals surface area contributed by atoms with E-state index in [9.17, 15) is 8.42 Å². The third-order valence-electron chi connectivity index (χ3n) is 3.25. The summed E-state index contributed by atoms with van der Waals surface area (Å²) < 4.78 is 24.9. The normalized spacial score (nSPS) is 15.2. The number of primary sulfonamides is 1. The molecule has 1 aliphatic rings. The second-order valence-corrected chi connectivity index (χ2v) is 6.23. The van der Waals surface area contributed by atoms with Crippen LogP contribution >= 0.6 is 0 Å². The van der Waals surface area contributed by atoms with Crippen LogP contribution in [0.5, 0.6) is 0 Å². The molecule has 3 rings (SSSR count). The van der Waals surface area contributed by atoms with Gasteiger partial charge in [0, 0.05) is 24.5 Å². The van der Waals surface area contributed by atoms with Gasteiger partial charge in [0.2, 0.25) is 10.0 Å². The zero-order valence-electron chi connectivity index (χ0n) is 10.6. The highest BCUT2D eigenvalue weighted by Gasteiger charge is 2.19. The van der Waals surface area contributed by atoms with Gasteiger partial charge in [-0.25, -0.2) is 13.6 Å². The number of nitrogens with zero attached hydrogens (tertiary/aromatic N) is 4. The lowest BCUT2D eigenvalue weighted by Crippen LogP contribution is -2.33. The molecular weight excluding hydrogens is 280 g/mol.